The number of nitrogens with one attached hydrogen (secondary N) is 1. The van der Waals surface area contributed by atoms with Crippen molar-refractivity contribution in [2.45, 2.75) is 11.4 Å². The predicted molar refractivity (Wildman–Crippen MR) is 69.1 cm³/mol. The van der Waals surface area contributed by atoms with Gasteiger partial charge in [0.15, 0.2) is 0 Å². The molecule has 5 nitrogen and oxygen atoms in total. The van der Waals surface area contributed by atoms with E-state index in [0.717, 1.165) is 10.9 Å². The minimum Gasteiger partial charge on any atom is -0.545 e. The van der Waals surface area contributed by atoms with Crippen LogP contribution in [0.3, 0.4) is 0 Å². The van der Waals surface area contributed by atoms with E-state index >= 15 is 0 Å². The first-order valence-corrected chi connectivity index (χ1v) is 7.69. The fourth-order valence-corrected chi connectivity index (χ4v) is 3.24. The summed E-state index contributed by atoms with van der Waals surface area (Å²) in [6.45, 7) is 0.176. The van der Waals surface area contributed by atoms with Crippen molar-refractivity contribution in [3.8, 4) is 0 Å². The normalized spacial score (nSPS) is 11.4. The van der Waals surface area contributed by atoms with Gasteiger partial charge in [0.25, 0.3) is 0 Å². The molecule has 0 radical (unpaired) electrons. The van der Waals surface area contributed by atoms with Gasteiger partial charge in [-0.3, -0.25) is 0 Å². The number of hydrogen-bond donors (Lipinski definition) is 1. The number of thiophene rings is 1. The van der Waals surface area contributed by atoms with Crippen molar-refractivity contribution in [3.05, 3.63) is 52.2 Å². The summed E-state index contributed by atoms with van der Waals surface area (Å²) in [7, 11) is -3.73. The number of carboxylic acid groups (broad SMARTS) is 1. The van der Waals surface area contributed by atoms with Crippen LogP contribution in [0.2, 0.25) is 0 Å². The summed E-state index contributed by atoms with van der Waals surface area (Å²) in [5, 5.41) is 12.5. The van der Waals surface area contributed by atoms with Gasteiger partial charge in [-0.05, 0) is 29.1 Å². The zero-order valence-corrected chi connectivity index (χ0v) is 11.3. The molecule has 100 valence electrons. The quantitative estimate of drug-likeness (QED) is 0.875. The third-order valence-electron chi connectivity index (χ3n) is 2.40. The highest BCUT2D eigenvalue weighted by atomic mass is 32.2. The van der Waals surface area contributed by atoms with Crippen LogP contribution in [-0.2, 0) is 16.6 Å². The molecule has 0 fully saturated rings. The average molecular weight is 296 g/mol. The van der Waals surface area contributed by atoms with Gasteiger partial charge in [0, 0.05) is 11.4 Å². The standard InChI is InChI=1S/C12H11NO4S2/c14-12(15)9-3-1-5-11(7-9)19(16,17)13-8-10-4-2-6-18-10/h1-7,13H,8H2,(H,14,15)/p-1. The number of rotatable bonds is 5. The molecular formula is C12H10NO4S2-. The van der Waals surface area contributed by atoms with Crippen molar-refractivity contribution in [2.75, 3.05) is 0 Å². The Morgan fingerprint density at radius 3 is 2.68 bits per heavy atom. The highest BCUT2D eigenvalue weighted by molar-refractivity contribution is 7.89. The molecule has 2 rings (SSSR count). The fourth-order valence-electron chi connectivity index (χ4n) is 1.45. The van der Waals surface area contributed by atoms with E-state index in [1.807, 2.05) is 17.5 Å². The molecule has 7 heteroatoms. The van der Waals surface area contributed by atoms with Gasteiger partial charge in [-0.2, -0.15) is 0 Å². The SMILES string of the molecule is O=C([O-])c1cccc(S(=O)(=O)NCc2cccs2)c1. The maximum Gasteiger partial charge on any atom is 0.240 e. The van der Waals surface area contributed by atoms with Crippen LogP contribution in [0.15, 0.2) is 46.7 Å². The molecule has 1 N–H and O–H groups in total. The predicted octanol–water partition coefficient (Wildman–Crippen LogP) is 0.590. The molecule has 2 aromatic rings. The van der Waals surface area contributed by atoms with Gasteiger partial charge in [-0.25, -0.2) is 13.1 Å². The van der Waals surface area contributed by atoms with Gasteiger partial charge in [0.05, 0.1) is 10.9 Å². The van der Waals surface area contributed by atoms with E-state index in [-0.39, 0.29) is 17.0 Å². The first kappa shape index (κ1) is 13.7. The molecule has 0 amide bonds. The first-order valence-electron chi connectivity index (χ1n) is 5.32. The number of carbonyl (C=O) groups is 1. The van der Waals surface area contributed by atoms with Gasteiger partial charge in [0.2, 0.25) is 10.0 Å². The molecule has 19 heavy (non-hydrogen) atoms. The summed E-state index contributed by atoms with van der Waals surface area (Å²) >= 11 is 1.44. The lowest BCUT2D eigenvalue weighted by molar-refractivity contribution is -0.255. The number of carboxylic acids is 1. The molecule has 0 aliphatic rings. The topological polar surface area (TPSA) is 86.3 Å². The average Bonchev–Trinajstić information content (AvgIpc) is 2.90. The van der Waals surface area contributed by atoms with Gasteiger partial charge >= 0.3 is 0 Å². The molecule has 0 bridgehead atoms. The summed E-state index contributed by atoms with van der Waals surface area (Å²) in [4.78, 5) is 11.5. The van der Waals surface area contributed by atoms with Crippen LogP contribution >= 0.6 is 11.3 Å². The Morgan fingerprint density at radius 1 is 1.26 bits per heavy atom. The fraction of sp³-hybridized carbons (Fsp3) is 0.0833. The van der Waals surface area contributed by atoms with Gasteiger partial charge in [-0.1, -0.05) is 18.2 Å². The van der Waals surface area contributed by atoms with Crippen LogP contribution < -0.4 is 9.83 Å². The molecule has 1 aromatic carbocycles. The van der Waals surface area contributed by atoms with Crippen molar-refractivity contribution in [3.63, 3.8) is 0 Å². The maximum absolute atomic E-state index is 12.0. The Kier molecular flexibility index (Phi) is 3.98. The van der Waals surface area contributed by atoms with Crippen LogP contribution in [0.25, 0.3) is 0 Å². The summed E-state index contributed by atoms with van der Waals surface area (Å²) in [6, 6.07) is 8.70. The molecule has 0 aliphatic carbocycles. The van der Waals surface area contributed by atoms with E-state index in [1.54, 1.807) is 0 Å². The molecule has 1 aromatic heterocycles. The second kappa shape index (κ2) is 5.52. The van der Waals surface area contributed by atoms with Crippen LogP contribution in [0.4, 0.5) is 0 Å². The van der Waals surface area contributed by atoms with Gasteiger partial charge in [-0.15, -0.1) is 11.3 Å². The van der Waals surface area contributed by atoms with Crippen LogP contribution in [0, 0.1) is 0 Å². The van der Waals surface area contributed by atoms with Gasteiger partial charge in [0.1, 0.15) is 0 Å². The highest BCUT2D eigenvalue weighted by Gasteiger charge is 2.14. The summed E-state index contributed by atoms with van der Waals surface area (Å²) in [5.74, 6) is -1.41. The Morgan fingerprint density at radius 2 is 2.05 bits per heavy atom. The zero-order valence-electron chi connectivity index (χ0n) is 9.70. The molecule has 0 unspecified atom stereocenters. The molecule has 0 aliphatic heterocycles. The monoisotopic (exact) mass is 296 g/mol. The number of carbonyl (C=O) groups excluding carboxylic acids is 1. The number of hydrogen-bond acceptors (Lipinski definition) is 5. The Hall–Kier alpha value is -1.70. The van der Waals surface area contributed by atoms with Crippen molar-refractivity contribution in [1.29, 1.82) is 0 Å². The number of benzene rings is 1. The molecule has 0 saturated heterocycles. The van der Waals surface area contributed by atoms with E-state index in [2.05, 4.69) is 4.72 Å². The van der Waals surface area contributed by atoms with E-state index in [0.29, 0.717) is 0 Å². The van der Waals surface area contributed by atoms with Crippen molar-refractivity contribution >= 4 is 27.3 Å². The third kappa shape index (κ3) is 3.40. The first-order chi connectivity index (χ1) is 8.99. The second-order valence-corrected chi connectivity index (χ2v) is 6.52. The smallest absolute Gasteiger partial charge is 0.240 e. The Bertz CT molecular complexity index is 678. The van der Waals surface area contributed by atoms with E-state index in [9.17, 15) is 18.3 Å². The third-order valence-corrected chi connectivity index (χ3v) is 4.67. The van der Waals surface area contributed by atoms with E-state index < -0.39 is 16.0 Å². The summed E-state index contributed by atoms with van der Waals surface area (Å²) < 4.78 is 26.4. The minimum absolute atomic E-state index is 0.0919. The Balaban J connectivity index is 2.19. The van der Waals surface area contributed by atoms with Gasteiger partial charge < -0.3 is 9.90 Å². The maximum atomic E-state index is 12.0. The minimum atomic E-state index is -3.73. The summed E-state index contributed by atoms with van der Waals surface area (Å²) in [5.41, 5.74) is -0.168. The number of aromatic carboxylic acids is 1. The largest absolute Gasteiger partial charge is 0.545 e. The van der Waals surface area contributed by atoms with E-state index in [4.69, 9.17) is 0 Å². The Labute approximate surface area is 114 Å². The lowest BCUT2D eigenvalue weighted by Gasteiger charge is -2.08. The van der Waals surface area contributed by atoms with E-state index in [1.165, 1.54) is 29.5 Å². The van der Waals surface area contributed by atoms with Crippen LogP contribution in [-0.4, -0.2) is 14.4 Å². The zero-order chi connectivity index (χ0) is 13.9. The molecule has 0 saturated carbocycles. The van der Waals surface area contributed by atoms with Crippen LogP contribution in [0.5, 0.6) is 0 Å². The summed E-state index contributed by atoms with van der Waals surface area (Å²) in [6.07, 6.45) is 0. The van der Waals surface area contributed by atoms with Crippen molar-refractivity contribution in [1.82, 2.24) is 4.72 Å². The number of sulfonamides is 1. The molecule has 1 heterocycles. The second-order valence-electron chi connectivity index (χ2n) is 3.72. The molecule has 0 spiro atoms. The highest BCUT2D eigenvalue weighted by Crippen LogP contribution is 2.13. The lowest BCUT2D eigenvalue weighted by Crippen LogP contribution is -2.25. The molecule has 0 atom stereocenters. The lowest BCUT2D eigenvalue weighted by atomic mass is 10.2. The van der Waals surface area contributed by atoms with Crippen LogP contribution in [0.1, 0.15) is 15.2 Å². The molecular weight excluding hydrogens is 286 g/mol. The van der Waals surface area contributed by atoms with Crippen molar-refractivity contribution < 1.29 is 18.3 Å². The van der Waals surface area contributed by atoms with Crippen molar-refractivity contribution in [2.24, 2.45) is 0 Å².